The van der Waals surface area contributed by atoms with Crippen LogP contribution in [0.5, 0.6) is 0 Å². The molecule has 0 aromatic heterocycles. The van der Waals surface area contributed by atoms with E-state index in [-0.39, 0.29) is 17.9 Å². The van der Waals surface area contributed by atoms with Gasteiger partial charge < -0.3 is 15.4 Å². The van der Waals surface area contributed by atoms with Crippen molar-refractivity contribution in [2.75, 3.05) is 33.4 Å². The fourth-order valence-corrected chi connectivity index (χ4v) is 1.36. The number of carbonyl (C=O) groups excluding carboxylic acids is 1. The van der Waals surface area contributed by atoms with Gasteiger partial charge in [-0.1, -0.05) is 20.8 Å². The van der Waals surface area contributed by atoms with Crippen LogP contribution in [0, 0.1) is 5.41 Å². The molecule has 15 heavy (non-hydrogen) atoms. The normalized spacial score (nSPS) is 11.5. The summed E-state index contributed by atoms with van der Waals surface area (Å²) >= 11 is 0. The molecule has 1 amide bonds. The van der Waals surface area contributed by atoms with Gasteiger partial charge >= 0.3 is 0 Å². The summed E-state index contributed by atoms with van der Waals surface area (Å²) < 4.78 is 4.86. The number of nitrogens with zero attached hydrogens (tertiary/aromatic N) is 1. The van der Waals surface area contributed by atoms with Crippen molar-refractivity contribution in [1.82, 2.24) is 4.90 Å². The molecule has 0 unspecified atom stereocenters. The van der Waals surface area contributed by atoms with Crippen molar-refractivity contribution in [1.29, 1.82) is 0 Å². The highest BCUT2D eigenvalue weighted by Crippen LogP contribution is 2.15. The molecule has 4 nitrogen and oxygen atoms in total. The van der Waals surface area contributed by atoms with Crippen LogP contribution in [0.4, 0.5) is 0 Å². The SMILES string of the molecule is CCCN(CC(C)(C)CN)C(=O)COC. The standard InChI is InChI=1S/C11H24N2O2/c1-5-6-13(10(14)7-15-4)9-11(2,3)8-12/h5-9,12H2,1-4H3. The van der Waals surface area contributed by atoms with Gasteiger partial charge in [-0.3, -0.25) is 4.79 Å². The molecule has 4 heteroatoms. The number of ether oxygens (including phenoxy) is 1. The monoisotopic (exact) mass is 216 g/mol. The topological polar surface area (TPSA) is 55.6 Å². The molecule has 0 aliphatic rings. The minimum absolute atomic E-state index is 0.0292. The predicted octanol–water partition coefficient (Wildman–Crippen LogP) is 0.856. The number of carbonyl (C=O) groups is 1. The lowest BCUT2D eigenvalue weighted by molar-refractivity contribution is -0.136. The summed E-state index contributed by atoms with van der Waals surface area (Å²) in [5.74, 6) is 0.0425. The van der Waals surface area contributed by atoms with E-state index in [0.29, 0.717) is 13.1 Å². The summed E-state index contributed by atoms with van der Waals surface area (Å²) in [6.45, 7) is 8.38. The van der Waals surface area contributed by atoms with Crippen LogP contribution in [0.3, 0.4) is 0 Å². The molecule has 0 saturated heterocycles. The molecule has 0 aliphatic heterocycles. The number of hydrogen-bond acceptors (Lipinski definition) is 3. The second-order valence-electron chi connectivity index (χ2n) is 4.62. The molecule has 0 fully saturated rings. The molecular formula is C11H24N2O2. The first-order valence-corrected chi connectivity index (χ1v) is 5.43. The van der Waals surface area contributed by atoms with Crippen LogP contribution in [0.15, 0.2) is 0 Å². The highest BCUT2D eigenvalue weighted by Gasteiger charge is 2.22. The van der Waals surface area contributed by atoms with E-state index in [2.05, 4.69) is 20.8 Å². The zero-order valence-corrected chi connectivity index (χ0v) is 10.4. The van der Waals surface area contributed by atoms with Crippen molar-refractivity contribution in [3.63, 3.8) is 0 Å². The molecule has 0 bridgehead atoms. The molecule has 0 aromatic rings. The molecule has 0 heterocycles. The van der Waals surface area contributed by atoms with Gasteiger partial charge in [0, 0.05) is 20.2 Å². The van der Waals surface area contributed by atoms with Gasteiger partial charge in [0.15, 0.2) is 0 Å². The van der Waals surface area contributed by atoms with E-state index in [4.69, 9.17) is 10.5 Å². The van der Waals surface area contributed by atoms with Gasteiger partial charge in [0.1, 0.15) is 6.61 Å². The van der Waals surface area contributed by atoms with Gasteiger partial charge in [-0.25, -0.2) is 0 Å². The Bertz CT molecular complexity index is 193. The van der Waals surface area contributed by atoms with Crippen LogP contribution < -0.4 is 5.73 Å². The Morgan fingerprint density at radius 2 is 2.07 bits per heavy atom. The van der Waals surface area contributed by atoms with E-state index in [0.717, 1.165) is 13.0 Å². The Kier molecular flexibility index (Phi) is 6.52. The van der Waals surface area contributed by atoms with Gasteiger partial charge in [0.25, 0.3) is 0 Å². The maximum absolute atomic E-state index is 11.7. The van der Waals surface area contributed by atoms with Crippen molar-refractivity contribution in [2.45, 2.75) is 27.2 Å². The zero-order chi connectivity index (χ0) is 11.9. The third-order valence-electron chi connectivity index (χ3n) is 2.29. The Labute approximate surface area is 92.8 Å². The van der Waals surface area contributed by atoms with Crippen LogP contribution in [0.1, 0.15) is 27.2 Å². The third kappa shape index (κ3) is 5.74. The molecule has 0 rings (SSSR count). The minimum atomic E-state index is -0.0292. The number of hydrogen-bond donors (Lipinski definition) is 1. The molecule has 2 N–H and O–H groups in total. The van der Waals surface area contributed by atoms with E-state index in [1.165, 1.54) is 7.11 Å². The van der Waals surface area contributed by atoms with Crippen LogP contribution in [0.25, 0.3) is 0 Å². The Morgan fingerprint density at radius 1 is 1.47 bits per heavy atom. The molecule has 0 saturated carbocycles. The van der Waals surface area contributed by atoms with Gasteiger partial charge in [-0.15, -0.1) is 0 Å². The van der Waals surface area contributed by atoms with Crippen molar-refractivity contribution in [3.8, 4) is 0 Å². The maximum atomic E-state index is 11.7. The van der Waals surface area contributed by atoms with Crippen molar-refractivity contribution in [2.24, 2.45) is 11.1 Å². The summed E-state index contributed by atoms with van der Waals surface area (Å²) in [5, 5.41) is 0. The molecule has 0 aliphatic carbocycles. The fourth-order valence-electron chi connectivity index (χ4n) is 1.36. The summed E-state index contributed by atoms with van der Waals surface area (Å²) in [6, 6.07) is 0. The molecule has 0 aromatic carbocycles. The maximum Gasteiger partial charge on any atom is 0.248 e. The molecule has 0 atom stereocenters. The number of rotatable bonds is 7. The first-order chi connectivity index (χ1) is 6.96. The van der Waals surface area contributed by atoms with E-state index in [1.807, 2.05) is 4.90 Å². The predicted molar refractivity (Wildman–Crippen MR) is 61.6 cm³/mol. The summed E-state index contributed by atoms with van der Waals surface area (Å²) in [4.78, 5) is 13.5. The lowest BCUT2D eigenvalue weighted by Gasteiger charge is -2.31. The van der Waals surface area contributed by atoms with E-state index in [1.54, 1.807) is 0 Å². The van der Waals surface area contributed by atoms with Gasteiger partial charge in [-0.05, 0) is 18.4 Å². The average Bonchev–Trinajstić information content (AvgIpc) is 2.17. The minimum Gasteiger partial charge on any atom is -0.375 e. The summed E-state index contributed by atoms with van der Waals surface area (Å²) in [6.07, 6.45) is 0.954. The number of methoxy groups -OCH3 is 1. The Balaban J connectivity index is 4.32. The quantitative estimate of drug-likeness (QED) is 0.686. The van der Waals surface area contributed by atoms with Crippen LogP contribution in [-0.4, -0.2) is 44.2 Å². The van der Waals surface area contributed by atoms with Crippen molar-refractivity contribution in [3.05, 3.63) is 0 Å². The molecule has 90 valence electrons. The van der Waals surface area contributed by atoms with Gasteiger partial charge in [0.05, 0.1) is 0 Å². The summed E-state index contributed by atoms with van der Waals surface area (Å²) in [7, 11) is 1.54. The lowest BCUT2D eigenvalue weighted by Crippen LogP contribution is -2.43. The number of nitrogens with two attached hydrogens (primary N) is 1. The molecule has 0 radical (unpaired) electrons. The van der Waals surface area contributed by atoms with E-state index in [9.17, 15) is 4.79 Å². The Morgan fingerprint density at radius 3 is 2.47 bits per heavy atom. The Hall–Kier alpha value is -0.610. The first kappa shape index (κ1) is 14.4. The highest BCUT2D eigenvalue weighted by molar-refractivity contribution is 5.77. The van der Waals surface area contributed by atoms with Gasteiger partial charge in [0.2, 0.25) is 5.91 Å². The largest absolute Gasteiger partial charge is 0.375 e. The van der Waals surface area contributed by atoms with Crippen LogP contribution in [0.2, 0.25) is 0 Å². The van der Waals surface area contributed by atoms with Crippen LogP contribution >= 0.6 is 0 Å². The summed E-state index contributed by atoms with van der Waals surface area (Å²) in [5.41, 5.74) is 5.63. The lowest BCUT2D eigenvalue weighted by atomic mass is 9.93. The van der Waals surface area contributed by atoms with E-state index < -0.39 is 0 Å². The second-order valence-corrected chi connectivity index (χ2v) is 4.62. The molecule has 0 spiro atoms. The second kappa shape index (κ2) is 6.80. The smallest absolute Gasteiger partial charge is 0.248 e. The first-order valence-electron chi connectivity index (χ1n) is 5.43. The zero-order valence-electron chi connectivity index (χ0n) is 10.4. The third-order valence-corrected chi connectivity index (χ3v) is 2.29. The van der Waals surface area contributed by atoms with Crippen LogP contribution in [-0.2, 0) is 9.53 Å². The fraction of sp³-hybridized carbons (Fsp3) is 0.909. The van der Waals surface area contributed by atoms with Crippen molar-refractivity contribution < 1.29 is 9.53 Å². The van der Waals surface area contributed by atoms with Gasteiger partial charge in [-0.2, -0.15) is 0 Å². The van der Waals surface area contributed by atoms with Crippen molar-refractivity contribution >= 4 is 5.91 Å². The molecular weight excluding hydrogens is 192 g/mol. The highest BCUT2D eigenvalue weighted by atomic mass is 16.5. The average molecular weight is 216 g/mol. The van der Waals surface area contributed by atoms with E-state index >= 15 is 0 Å². The number of amides is 1.